The third-order valence-corrected chi connectivity index (χ3v) is 11.1. The summed E-state index contributed by atoms with van der Waals surface area (Å²) in [6.07, 6.45) is -1.84. The van der Waals surface area contributed by atoms with E-state index in [1.54, 1.807) is 39.2 Å². The zero-order valence-electron chi connectivity index (χ0n) is 30.9. The lowest BCUT2D eigenvalue weighted by molar-refractivity contribution is -0.299. The highest BCUT2D eigenvalue weighted by Gasteiger charge is 2.57. The number of pyridine rings is 1. The van der Waals surface area contributed by atoms with E-state index in [1.165, 1.54) is 0 Å². The third-order valence-electron chi connectivity index (χ3n) is 11.1. The van der Waals surface area contributed by atoms with E-state index in [0.29, 0.717) is 12.8 Å². The first-order valence-corrected chi connectivity index (χ1v) is 17.8. The van der Waals surface area contributed by atoms with Gasteiger partial charge in [-0.15, -0.1) is 0 Å². The zero-order valence-corrected chi connectivity index (χ0v) is 30.9. The average Bonchev–Trinajstić information content (AvgIpc) is 3.29. The van der Waals surface area contributed by atoms with Gasteiger partial charge in [0.2, 0.25) is 0 Å². The van der Waals surface area contributed by atoms with Gasteiger partial charge in [0, 0.05) is 42.9 Å². The van der Waals surface area contributed by atoms with Crippen LogP contribution in [-0.2, 0) is 35.0 Å². The predicted molar refractivity (Wildman–Crippen MR) is 182 cm³/mol. The Balaban J connectivity index is 1.75. The molecule has 2 unspecified atom stereocenters. The highest BCUT2D eigenvalue weighted by atomic mass is 16.7. The number of nitrogens with one attached hydrogen (secondary N) is 1. The normalized spacial score (nSPS) is 43.6. The maximum atomic E-state index is 14.0. The summed E-state index contributed by atoms with van der Waals surface area (Å²) in [7, 11) is 3.77. The smallest absolute Gasteiger partial charge is 0.407 e. The van der Waals surface area contributed by atoms with E-state index in [9.17, 15) is 19.8 Å². The van der Waals surface area contributed by atoms with E-state index in [-0.39, 0.29) is 43.1 Å². The summed E-state index contributed by atoms with van der Waals surface area (Å²) in [5.41, 5.74) is 5.01. The number of nitrogens with zero attached hydrogens (tertiary/aromatic N) is 2. The molecule has 0 radical (unpaired) electrons. The summed E-state index contributed by atoms with van der Waals surface area (Å²) in [5, 5.41) is 26.6. The number of likely N-dealkylation sites (N-methyl/N-ethyl adjacent to an activating group) is 1. The number of carbonyl (C=O) groups excluding carboxylic acids is 2. The van der Waals surface area contributed by atoms with Crippen molar-refractivity contribution < 1.29 is 43.5 Å². The number of fused-ring (bicyclic) bond motifs is 2. The molecule has 4 heterocycles. The molecule has 13 heteroatoms. The van der Waals surface area contributed by atoms with Gasteiger partial charge < -0.3 is 49.8 Å². The number of esters is 1. The van der Waals surface area contributed by atoms with Gasteiger partial charge in [0.1, 0.15) is 23.9 Å². The second-order valence-corrected chi connectivity index (χ2v) is 15.4. The van der Waals surface area contributed by atoms with Crippen molar-refractivity contribution in [2.24, 2.45) is 29.4 Å². The molecule has 1 amide bonds. The minimum absolute atomic E-state index is 0.106. The number of aliphatic hydroxyl groups is 2. The second-order valence-electron chi connectivity index (χ2n) is 15.4. The molecule has 5 N–H and O–H groups in total. The molecule has 49 heavy (non-hydrogen) atoms. The molecule has 4 rings (SSSR count). The largest absolute Gasteiger partial charge is 0.459 e. The van der Waals surface area contributed by atoms with Gasteiger partial charge in [-0.05, 0) is 78.6 Å². The Labute approximate surface area is 291 Å². The Bertz CT molecular complexity index is 1250. The highest BCUT2D eigenvalue weighted by molar-refractivity contribution is 5.74. The minimum atomic E-state index is -1.57. The number of aliphatic hydroxyl groups excluding tert-OH is 1. The fourth-order valence-corrected chi connectivity index (χ4v) is 8.32. The van der Waals surface area contributed by atoms with Gasteiger partial charge in [-0.1, -0.05) is 33.8 Å². The molecule has 0 spiro atoms. The van der Waals surface area contributed by atoms with Crippen LogP contribution in [0.1, 0.15) is 80.2 Å². The molecule has 13 nitrogen and oxygen atoms in total. The maximum Gasteiger partial charge on any atom is 0.407 e. The predicted octanol–water partition coefficient (Wildman–Crippen LogP) is 2.99. The van der Waals surface area contributed by atoms with E-state index in [1.807, 2.05) is 59.7 Å². The zero-order chi connectivity index (χ0) is 36.4. The van der Waals surface area contributed by atoms with Crippen LogP contribution in [0.4, 0.5) is 4.79 Å². The molecule has 0 aromatic carbocycles. The number of cyclic esters (lactones) is 1. The molecule has 1 aromatic heterocycles. The van der Waals surface area contributed by atoms with Crippen LogP contribution in [-0.4, -0.2) is 112 Å². The van der Waals surface area contributed by atoms with Crippen LogP contribution in [0.2, 0.25) is 0 Å². The van der Waals surface area contributed by atoms with Crippen molar-refractivity contribution in [1.29, 1.82) is 0 Å². The van der Waals surface area contributed by atoms with Gasteiger partial charge in [-0.3, -0.25) is 9.78 Å². The summed E-state index contributed by atoms with van der Waals surface area (Å²) in [6.45, 7) is 15.0. The molecule has 2 bridgehead atoms. The van der Waals surface area contributed by atoms with E-state index in [4.69, 9.17) is 29.4 Å². The third kappa shape index (κ3) is 8.57. The second kappa shape index (κ2) is 15.9. The molecular weight excluding hydrogens is 632 g/mol. The molecule has 1 aromatic rings. The van der Waals surface area contributed by atoms with Crippen LogP contribution in [0.3, 0.4) is 0 Å². The van der Waals surface area contributed by atoms with Crippen LogP contribution >= 0.6 is 0 Å². The van der Waals surface area contributed by atoms with Crippen LogP contribution in [0.25, 0.3) is 0 Å². The number of alkyl carbamates (subject to hydrolysis) is 1. The van der Waals surface area contributed by atoms with E-state index >= 15 is 0 Å². The van der Waals surface area contributed by atoms with Crippen molar-refractivity contribution in [2.45, 2.75) is 147 Å². The molecule has 0 saturated carbocycles. The molecule has 3 aliphatic heterocycles. The van der Waals surface area contributed by atoms with Crippen LogP contribution < -0.4 is 11.1 Å². The lowest BCUT2D eigenvalue weighted by Gasteiger charge is -2.47. The van der Waals surface area contributed by atoms with E-state index in [2.05, 4.69) is 10.3 Å². The molecule has 3 aliphatic rings. The van der Waals surface area contributed by atoms with Crippen LogP contribution in [0, 0.1) is 23.7 Å². The number of aromatic nitrogens is 1. The highest BCUT2D eigenvalue weighted by Crippen LogP contribution is 2.45. The van der Waals surface area contributed by atoms with Crippen molar-refractivity contribution in [1.82, 2.24) is 15.2 Å². The summed E-state index contributed by atoms with van der Waals surface area (Å²) < 4.78 is 31.7. The van der Waals surface area contributed by atoms with Crippen molar-refractivity contribution in [2.75, 3.05) is 14.1 Å². The first kappa shape index (κ1) is 39.4. The number of rotatable bonds is 7. The fourth-order valence-electron chi connectivity index (χ4n) is 8.32. The Morgan fingerprint density at radius 2 is 1.88 bits per heavy atom. The Morgan fingerprint density at radius 1 is 1.18 bits per heavy atom. The van der Waals surface area contributed by atoms with E-state index in [0.717, 1.165) is 5.56 Å². The van der Waals surface area contributed by atoms with E-state index < -0.39 is 71.8 Å². The fraction of sp³-hybridized carbons (Fsp3) is 0.806. The molecular formula is C36H60N4O9. The van der Waals surface area contributed by atoms with Gasteiger partial charge in [0.05, 0.1) is 29.8 Å². The van der Waals surface area contributed by atoms with Crippen LogP contribution in [0.5, 0.6) is 0 Å². The molecule has 15 atom stereocenters. The van der Waals surface area contributed by atoms with Crippen molar-refractivity contribution in [3.05, 3.63) is 30.1 Å². The average molecular weight is 693 g/mol. The Hall–Kier alpha value is -2.39. The monoisotopic (exact) mass is 692 g/mol. The molecule has 3 fully saturated rings. The lowest BCUT2D eigenvalue weighted by atomic mass is 9.75. The number of hydrogen-bond donors (Lipinski definition) is 4. The van der Waals surface area contributed by atoms with Crippen molar-refractivity contribution in [3.63, 3.8) is 0 Å². The standard InChI is InChI=1S/C36H60N4O9/c1-11-26-36(8)30(37)21(4)28(49-36)19(2)16-35(7,44)31(48-33-27(41)25(40(9)10)15-20(3)45-33)22(5)29(23(6)32(42)46-26)47-34(43)39-18-24-13-12-14-38-17-24/h12-14,17,19-23,25-31,33,41,44H,11,15-16,18,37H2,1-10H3,(H,39,43)/t19-,20-,21+,22+,23-,25+,26-,27-,28+,29+,30+,31-,33?,35-,36?/m1/s1. The number of hydrogen-bond acceptors (Lipinski definition) is 12. The number of amides is 1. The van der Waals surface area contributed by atoms with Gasteiger partial charge >= 0.3 is 12.1 Å². The lowest BCUT2D eigenvalue weighted by Crippen LogP contribution is -2.59. The van der Waals surface area contributed by atoms with Crippen molar-refractivity contribution in [3.8, 4) is 0 Å². The summed E-state index contributed by atoms with van der Waals surface area (Å²) in [4.78, 5) is 33.4. The number of carbonyl (C=O) groups is 2. The van der Waals surface area contributed by atoms with Gasteiger partial charge in [0.25, 0.3) is 0 Å². The van der Waals surface area contributed by atoms with Crippen LogP contribution in [0.15, 0.2) is 24.5 Å². The topological polar surface area (TPSA) is 175 Å². The number of ether oxygens (including phenoxy) is 5. The summed E-state index contributed by atoms with van der Waals surface area (Å²) in [6, 6.07) is 2.87. The minimum Gasteiger partial charge on any atom is -0.459 e. The Kier molecular flexibility index (Phi) is 12.8. The van der Waals surface area contributed by atoms with Gasteiger partial charge in [-0.25, -0.2) is 4.79 Å². The SMILES string of the molecule is CC[C@H]1OC(=O)[C@H](C)[C@@H](OC(=O)NCc2cccnc2)[C@H](C)[C@@H](OC2O[C@H](C)C[C@H](N(C)C)[C@H]2O)[C@](C)(O)C[C@@H](C)[C@@H]2OC1(C)[C@@H](N)[C@H]2C. The Morgan fingerprint density at radius 3 is 2.49 bits per heavy atom. The maximum absolute atomic E-state index is 14.0. The quantitative estimate of drug-likeness (QED) is 0.308. The number of nitrogens with two attached hydrogens (primary N) is 1. The van der Waals surface area contributed by atoms with Gasteiger partial charge in [-0.2, -0.15) is 0 Å². The summed E-state index contributed by atoms with van der Waals surface area (Å²) >= 11 is 0. The van der Waals surface area contributed by atoms with Gasteiger partial charge in [0.15, 0.2) is 6.29 Å². The molecule has 278 valence electrons. The summed E-state index contributed by atoms with van der Waals surface area (Å²) in [5.74, 6) is -2.69. The first-order valence-electron chi connectivity index (χ1n) is 17.8. The van der Waals surface area contributed by atoms with Crippen molar-refractivity contribution >= 4 is 12.1 Å². The molecule has 0 aliphatic carbocycles. The first-order chi connectivity index (χ1) is 22.9. The molecule has 3 saturated heterocycles.